The van der Waals surface area contributed by atoms with Gasteiger partial charge in [-0.1, -0.05) is 179 Å². The highest BCUT2D eigenvalue weighted by atomic mass is 127. The van der Waals surface area contributed by atoms with Crippen LogP contribution in [0.5, 0.6) is 0 Å². The molecule has 18 nitrogen and oxygen atoms in total. The summed E-state index contributed by atoms with van der Waals surface area (Å²) in [4.78, 5) is 116. The van der Waals surface area contributed by atoms with Crippen LogP contribution >= 0.6 is 92.2 Å². The summed E-state index contributed by atoms with van der Waals surface area (Å²) in [5.41, 5.74) is 6.69. The van der Waals surface area contributed by atoms with Crippen molar-refractivity contribution in [2.24, 2.45) is 0 Å². The number of carbonyl (C=O) groups excluding carboxylic acids is 6. The summed E-state index contributed by atoms with van der Waals surface area (Å²) in [6.07, 6.45) is 5.62. The Kier molecular flexibility index (Phi) is 27.5. The number of carboxylic acids is 1. The second-order valence-corrected chi connectivity index (χ2v) is 27.2. The van der Waals surface area contributed by atoms with Crippen LogP contribution in [0.1, 0.15) is 69.2 Å². The normalized spacial score (nSPS) is 11.6. The Bertz CT molecular complexity index is 5190. The van der Waals surface area contributed by atoms with Crippen LogP contribution < -0.4 is 32.0 Å². The van der Waals surface area contributed by atoms with E-state index in [2.05, 4.69) is 45.1 Å². The fraction of sp³-hybridized carbons (Fsp3) is 0.138. The van der Waals surface area contributed by atoms with Crippen molar-refractivity contribution < 1.29 is 48.1 Å². The van der Waals surface area contributed by atoms with E-state index < -0.39 is 53.8 Å². The molecule has 0 saturated heterocycles. The van der Waals surface area contributed by atoms with Gasteiger partial charge < -0.3 is 35.4 Å². The summed E-state index contributed by atoms with van der Waals surface area (Å²) in [6.45, 7) is 7.99. The molecule has 9 aromatic carbocycles. The molecule has 0 aliphatic rings. The fourth-order valence-corrected chi connectivity index (χ4v) is 13.7. The van der Waals surface area contributed by atoms with Gasteiger partial charge in [0.15, 0.2) is 0 Å². The van der Waals surface area contributed by atoms with Gasteiger partial charge >= 0.3 is 17.9 Å². The average Bonchev–Trinajstić information content (AvgIpc) is 0.790. The van der Waals surface area contributed by atoms with Crippen LogP contribution in [0.3, 0.4) is 0 Å². The molecule has 0 saturated carbocycles. The standard InChI is InChI=1S/C27H23Cl2IN2O4.C27H22Cl2N2O4.C26H20Cl2N2O4/c1-3-15-32(26(34)19-7-4-5-10-22(19)30)18-13-11-17(12-14-18)16-23(27(35)36-2)31-25(33)24-20(28)8-6-9-21(24)29;1-16-15-31(26(33)20-7-4-3-6-19(16)20)18-12-10-17(11-13-18)14-23(27(34)35-2)30-25(32)24-21(28)8-5-9-22(24)29;1-15-14-30(25(32)19-6-3-2-5-18(15)19)17-11-9-16(10-12-17)13-22(26(33)34)29-24(31)23-20(27)7-4-8-21(23)28/h3-14,23H,1,15-16H2,2H3,(H,31,33);3-13,15,23H,14H2,1-2H3,(H,30,32);2-12,14,22H,13H2,1H3,(H,29,31)(H,33,34)/t2*23-;22-/m000/s1. The minimum absolute atomic E-state index is 0.0264. The van der Waals surface area contributed by atoms with Gasteiger partial charge in [0, 0.05) is 69.6 Å². The maximum Gasteiger partial charge on any atom is 0.328 e. The van der Waals surface area contributed by atoms with Gasteiger partial charge in [0.25, 0.3) is 34.7 Å². The highest BCUT2D eigenvalue weighted by Gasteiger charge is 2.29. The molecule has 2 aromatic heterocycles. The number of aryl methyl sites for hydroxylation is 2. The number of amides is 4. The molecule has 4 amide bonds. The second-order valence-electron chi connectivity index (χ2n) is 23.6. The third-order valence-electron chi connectivity index (χ3n) is 16.7. The number of aliphatic carboxylic acids is 1. The molecule has 11 rings (SSSR count). The van der Waals surface area contributed by atoms with Crippen molar-refractivity contribution in [1.82, 2.24) is 25.1 Å². The summed E-state index contributed by atoms with van der Waals surface area (Å²) in [6, 6.07) is 54.5. The summed E-state index contributed by atoms with van der Waals surface area (Å²) < 4.78 is 13.8. The first-order chi connectivity index (χ1) is 50.3. The van der Waals surface area contributed by atoms with E-state index in [0.29, 0.717) is 45.5 Å². The number of fused-ring (bicyclic) bond motifs is 2. The topological polar surface area (TPSA) is 242 Å². The summed E-state index contributed by atoms with van der Waals surface area (Å²) in [7, 11) is 2.50. The number of methoxy groups -OCH3 is 2. The number of nitrogens with zero attached hydrogens (tertiary/aromatic N) is 3. The molecule has 0 fully saturated rings. The fourth-order valence-electron chi connectivity index (χ4n) is 11.3. The van der Waals surface area contributed by atoms with Gasteiger partial charge in [0.2, 0.25) is 0 Å². The third kappa shape index (κ3) is 19.5. The SMILES string of the molecule is C=CCN(C(=O)c1ccccc1I)c1ccc(C[C@H](NC(=O)c2c(Cl)cccc2Cl)C(=O)OC)cc1.COC(=O)[C@H](Cc1ccc(-n2cc(C)c3ccccc3c2=O)cc1)NC(=O)c1c(Cl)cccc1Cl.Cc1cn(-c2ccc(C[C@H](NC(=O)c3c(Cl)cccc3Cl)C(=O)O)cc2)c(=O)c2ccccc12. The first-order valence-corrected chi connectivity index (χ1v) is 35.5. The van der Waals surface area contributed by atoms with Crippen molar-refractivity contribution in [3.05, 3.63) is 330 Å². The van der Waals surface area contributed by atoms with E-state index in [0.717, 1.165) is 36.6 Å². The quantitative estimate of drug-likeness (QED) is 0.0298. The van der Waals surface area contributed by atoms with Crippen LogP contribution in [0.15, 0.2) is 235 Å². The highest BCUT2D eigenvalue weighted by molar-refractivity contribution is 14.1. The van der Waals surface area contributed by atoms with Crippen molar-refractivity contribution >= 4 is 161 Å². The maximum absolute atomic E-state index is 13.2. The van der Waals surface area contributed by atoms with Gasteiger partial charge in [0.1, 0.15) is 18.1 Å². The van der Waals surface area contributed by atoms with Gasteiger partial charge in [0.05, 0.1) is 66.6 Å². The van der Waals surface area contributed by atoms with Gasteiger partial charge in [-0.15, -0.1) is 6.58 Å². The van der Waals surface area contributed by atoms with Crippen molar-refractivity contribution in [2.75, 3.05) is 25.7 Å². The van der Waals surface area contributed by atoms with E-state index in [1.807, 2.05) is 80.7 Å². The summed E-state index contributed by atoms with van der Waals surface area (Å²) in [5.74, 6) is -4.39. The zero-order chi connectivity index (χ0) is 75.8. The van der Waals surface area contributed by atoms with Gasteiger partial charge in [-0.2, -0.15) is 0 Å². The van der Waals surface area contributed by atoms with Crippen LogP contribution in [-0.4, -0.2) is 94.7 Å². The molecule has 0 aliphatic heterocycles. The minimum Gasteiger partial charge on any atom is -0.480 e. The Labute approximate surface area is 647 Å². The van der Waals surface area contributed by atoms with Gasteiger partial charge in [-0.3, -0.25) is 37.9 Å². The lowest BCUT2D eigenvalue weighted by Gasteiger charge is -2.23. The molecule has 25 heteroatoms. The molecular weight excluding hydrogens is 1580 g/mol. The average molecular weight is 1640 g/mol. The number of anilines is 1. The van der Waals surface area contributed by atoms with E-state index in [1.54, 1.807) is 154 Å². The Morgan fingerprint density at radius 1 is 0.467 bits per heavy atom. The number of carboxylic acid groups (broad SMARTS) is 1. The van der Waals surface area contributed by atoms with Crippen molar-refractivity contribution in [3.8, 4) is 11.4 Å². The van der Waals surface area contributed by atoms with Crippen LogP contribution in [0, 0.1) is 17.4 Å². The second kappa shape index (κ2) is 36.6. The molecule has 11 aromatic rings. The van der Waals surface area contributed by atoms with Gasteiger partial charge in [-0.05, 0) is 172 Å². The van der Waals surface area contributed by atoms with E-state index >= 15 is 0 Å². The molecule has 0 unspecified atom stereocenters. The maximum atomic E-state index is 13.2. The van der Waals surface area contributed by atoms with Crippen molar-refractivity contribution in [3.63, 3.8) is 0 Å². The number of halogens is 7. The zero-order valence-electron chi connectivity index (χ0n) is 56.5. The zero-order valence-corrected chi connectivity index (χ0v) is 63.2. The van der Waals surface area contributed by atoms with Crippen LogP contribution in [0.25, 0.3) is 32.9 Å². The smallest absolute Gasteiger partial charge is 0.328 e. The van der Waals surface area contributed by atoms with Gasteiger partial charge in [-0.25, -0.2) is 14.4 Å². The molecule has 0 bridgehead atoms. The molecule has 4 N–H and O–H groups in total. The molecule has 536 valence electrons. The van der Waals surface area contributed by atoms with E-state index in [4.69, 9.17) is 79.1 Å². The molecule has 2 heterocycles. The number of benzene rings is 9. The van der Waals surface area contributed by atoms with E-state index in [-0.39, 0.29) is 83.1 Å². The number of aromatic nitrogens is 2. The Hall–Kier alpha value is -10.1. The predicted molar refractivity (Wildman–Crippen MR) is 422 cm³/mol. The van der Waals surface area contributed by atoms with E-state index in [9.17, 15) is 48.3 Å². The lowest BCUT2D eigenvalue weighted by atomic mass is 10.0. The summed E-state index contributed by atoms with van der Waals surface area (Å²) >= 11 is 38.8. The van der Waals surface area contributed by atoms with Crippen molar-refractivity contribution in [2.45, 2.75) is 51.2 Å². The van der Waals surface area contributed by atoms with E-state index in [1.165, 1.54) is 26.4 Å². The number of pyridine rings is 2. The number of nitrogens with one attached hydrogen (secondary N) is 3. The molecule has 105 heavy (non-hydrogen) atoms. The highest BCUT2D eigenvalue weighted by Crippen LogP contribution is 2.29. The number of rotatable bonds is 21. The third-order valence-corrected chi connectivity index (χ3v) is 19.5. The molecule has 0 aliphatic carbocycles. The predicted octanol–water partition coefficient (Wildman–Crippen LogP) is 16.1. The first kappa shape index (κ1) is 79.0. The summed E-state index contributed by atoms with van der Waals surface area (Å²) in [5, 5.41) is 21.5. The van der Waals surface area contributed by atoms with Crippen LogP contribution in [-0.2, 0) is 43.1 Å². The first-order valence-electron chi connectivity index (χ1n) is 32.1. The number of esters is 2. The lowest BCUT2D eigenvalue weighted by Crippen LogP contribution is -2.43. The molecular formula is C80H65Cl6IN6O12. The number of carbonyl (C=O) groups is 7. The monoisotopic (exact) mass is 1640 g/mol. The largest absolute Gasteiger partial charge is 0.480 e. The molecule has 0 radical (unpaired) electrons. The van der Waals surface area contributed by atoms with Crippen LogP contribution in [0.2, 0.25) is 30.1 Å². The number of hydrogen-bond donors (Lipinski definition) is 4. The number of hydrogen-bond acceptors (Lipinski definition) is 11. The lowest BCUT2D eigenvalue weighted by molar-refractivity contribution is -0.143. The molecule has 3 atom stereocenters. The van der Waals surface area contributed by atoms with Crippen LogP contribution in [0.4, 0.5) is 5.69 Å². The Morgan fingerprint density at radius 2 is 0.790 bits per heavy atom. The van der Waals surface area contributed by atoms with Crippen molar-refractivity contribution in [1.29, 1.82) is 0 Å². The number of ether oxygens (including phenoxy) is 2. The Balaban J connectivity index is 0.000000182. The molecule has 0 spiro atoms. The Morgan fingerprint density at radius 3 is 1.13 bits per heavy atom. The minimum atomic E-state index is -1.20.